The standard InChI is InChI=1S/C24H32N6O3/c1-24(33-3)6-10-30(11-7-24)21-17-12-19(26-15-20(17)28-22(31)18(21)13-25)23(32)27-14-16-4-8-29(2)9-5-16/h12,15-16H,4-11,14H2,1-3H3,(H,27,32)(H,28,31). The molecule has 2 saturated heterocycles. The monoisotopic (exact) mass is 452 g/mol. The van der Waals surface area contributed by atoms with E-state index in [0.29, 0.717) is 42.1 Å². The van der Waals surface area contributed by atoms with Crippen LogP contribution < -0.4 is 15.8 Å². The highest BCUT2D eigenvalue weighted by atomic mass is 16.5. The second-order valence-electron chi connectivity index (χ2n) is 9.50. The minimum atomic E-state index is -0.443. The summed E-state index contributed by atoms with van der Waals surface area (Å²) in [5.41, 5.74) is 0.767. The molecule has 0 saturated carbocycles. The maximum atomic E-state index is 12.9. The normalized spacial score (nSPS) is 19.4. The number of amides is 1. The number of hydrogen-bond acceptors (Lipinski definition) is 7. The topological polar surface area (TPSA) is 114 Å². The number of piperidine rings is 2. The van der Waals surface area contributed by atoms with Gasteiger partial charge in [0.15, 0.2) is 0 Å². The van der Waals surface area contributed by atoms with Crippen LogP contribution in [0.25, 0.3) is 10.9 Å². The van der Waals surface area contributed by atoms with Crippen LogP contribution in [0.5, 0.6) is 0 Å². The van der Waals surface area contributed by atoms with E-state index in [1.54, 1.807) is 13.2 Å². The van der Waals surface area contributed by atoms with Gasteiger partial charge in [0.1, 0.15) is 17.3 Å². The van der Waals surface area contributed by atoms with E-state index in [-0.39, 0.29) is 22.8 Å². The molecule has 2 aromatic heterocycles. The zero-order chi connectivity index (χ0) is 23.6. The first-order valence-corrected chi connectivity index (χ1v) is 11.6. The van der Waals surface area contributed by atoms with Gasteiger partial charge >= 0.3 is 0 Å². The van der Waals surface area contributed by atoms with Crippen molar-refractivity contribution in [1.29, 1.82) is 5.26 Å². The number of methoxy groups -OCH3 is 1. The van der Waals surface area contributed by atoms with Crippen molar-refractivity contribution in [3.8, 4) is 6.07 Å². The average molecular weight is 453 g/mol. The number of H-pyrrole nitrogens is 1. The highest BCUT2D eigenvalue weighted by Gasteiger charge is 2.32. The van der Waals surface area contributed by atoms with Crippen LogP contribution in [0.1, 0.15) is 48.7 Å². The average Bonchev–Trinajstić information content (AvgIpc) is 2.83. The zero-order valence-corrected chi connectivity index (χ0v) is 19.6. The Balaban J connectivity index is 1.61. The Labute approximate surface area is 193 Å². The second-order valence-corrected chi connectivity index (χ2v) is 9.50. The van der Waals surface area contributed by atoms with Gasteiger partial charge in [-0.1, -0.05) is 0 Å². The predicted molar refractivity (Wildman–Crippen MR) is 126 cm³/mol. The molecule has 0 aromatic carbocycles. The molecule has 2 aliphatic heterocycles. The van der Waals surface area contributed by atoms with Gasteiger partial charge in [-0.3, -0.25) is 9.59 Å². The summed E-state index contributed by atoms with van der Waals surface area (Å²) in [6.07, 6.45) is 5.19. The Morgan fingerprint density at radius 2 is 2.03 bits per heavy atom. The molecule has 0 atom stereocenters. The molecule has 0 radical (unpaired) electrons. The van der Waals surface area contributed by atoms with E-state index in [9.17, 15) is 14.9 Å². The number of aromatic amines is 1. The lowest BCUT2D eigenvalue weighted by atomic mass is 9.92. The van der Waals surface area contributed by atoms with Crippen molar-refractivity contribution in [1.82, 2.24) is 20.2 Å². The molecule has 9 heteroatoms. The summed E-state index contributed by atoms with van der Waals surface area (Å²) in [7, 11) is 3.82. The number of pyridine rings is 2. The van der Waals surface area contributed by atoms with Gasteiger partial charge in [-0.15, -0.1) is 0 Å². The summed E-state index contributed by atoms with van der Waals surface area (Å²) >= 11 is 0. The third-order valence-electron chi connectivity index (χ3n) is 7.24. The van der Waals surface area contributed by atoms with Gasteiger partial charge < -0.3 is 24.8 Å². The minimum Gasteiger partial charge on any atom is -0.378 e. The van der Waals surface area contributed by atoms with Crippen molar-refractivity contribution < 1.29 is 9.53 Å². The van der Waals surface area contributed by atoms with Crippen LogP contribution in [0.2, 0.25) is 0 Å². The number of rotatable bonds is 5. The Kier molecular flexibility index (Phi) is 6.68. The number of nitrogens with one attached hydrogen (secondary N) is 2. The quantitative estimate of drug-likeness (QED) is 0.712. The van der Waals surface area contributed by atoms with E-state index in [1.807, 2.05) is 0 Å². The van der Waals surface area contributed by atoms with Crippen molar-refractivity contribution in [2.24, 2.45) is 5.92 Å². The first-order valence-electron chi connectivity index (χ1n) is 11.6. The number of nitriles is 1. The molecule has 4 heterocycles. The van der Waals surface area contributed by atoms with Gasteiger partial charge in [0.2, 0.25) is 0 Å². The third-order valence-corrected chi connectivity index (χ3v) is 7.24. The van der Waals surface area contributed by atoms with Crippen molar-refractivity contribution >= 4 is 22.5 Å². The molecule has 0 unspecified atom stereocenters. The van der Waals surface area contributed by atoms with E-state index in [4.69, 9.17) is 4.74 Å². The Morgan fingerprint density at radius 1 is 1.33 bits per heavy atom. The van der Waals surface area contributed by atoms with Crippen LogP contribution in [-0.4, -0.2) is 73.3 Å². The second kappa shape index (κ2) is 9.49. The third kappa shape index (κ3) is 4.87. The Morgan fingerprint density at radius 3 is 2.67 bits per heavy atom. The molecule has 0 bridgehead atoms. The Hall–Kier alpha value is -2.96. The zero-order valence-electron chi connectivity index (χ0n) is 19.6. The van der Waals surface area contributed by atoms with Crippen LogP contribution in [0.15, 0.2) is 17.1 Å². The summed E-state index contributed by atoms with van der Waals surface area (Å²) in [6, 6.07) is 3.76. The van der Waals surface area contributed by atoms with Crippen LogP contribution >= 0.6 is 0 Å². The van der Waals surface area contributed by atoms with Crippen LogP contribution in [-0.2, 0) is 4.74 Å². The molecule has 1 amide bonds. The van der Waals surface area contributed by atoms with E-state index in [1.165, 1.54) is 6.20 Å². The van der Waals surface area contributed by atoms with Crippen molar-refractivity contribution in [2.45, 2.75) is 38.2 Å². The number of carbonyl (C=O) groups is 1. The predicted octanol–water partition coefficient (Wildman–Crippen LogP) is 1.87. The lowest BCUT2D eigenvalue weighted by molar-refractivity contribution is -0.0132. The lowest BCUT2D eigenvalue weighted by Gasteiger charge is -2.40. The summed E-state index contributed by atoms with van der Waals surface area (Å²) < 4.78 is 5.64. The molecular formula is C24H32N6O3. The fourth-order valence-corrected chi connectivity index (χ4v) is 4.74. The molecule has 0 spiro atoms. The number of aromatic nitrogens is 2. The smallest absolute Gasteiger partial charge is 0.269 e. The van der Waals surface area contributed by atoms with E-state index < -0.39 is 5.56 Å². The molecule has 2 fully saturated rings. The number of fused-ring (bicyclic) bond motifs is 1. The first kappa shape index (κ1) is 23.2. The number of nitrogens with zero attached hydrogens (tertiary/aromatic N) is 4. The maximum absolute atomic E-state index is 12.9. The van der Waals surface area contributed by atoms with Crippen LogP contribution in [0.3, 0.4) is 0 Å². The number of carbonyl (C=O) groups excluding carboxylic acids is 1. The van der Waals surface area contributed by atoms with E-state index in [0.717, 1.165) is 38.8 Å². The lowest BCUT2D eigenvalue weighted by Crippen LogP contribution is -2.44. The fourth-order valence-electron chi connectivity index (χ4n) is 4.74. The molecule has 2 N–H and O–H groups in total. The van der Waals surface area contributed by atoms with Gasteiger partial charge in [0.25, 0.3) is 11.5 Å². The fraction of sp³-hybridized carbons (Fsp3) is 0.583. The molecule has 0 aliphatic carbocycles. The van der Waals surface area contributed by atoms with Crippen LogP contribution in [0, 0.1) is 17.2 Å². The summed E-state index contributed by atoms with van der Waals surface area (Å²) in [6.45, 7) is 6.08. The SMILES string of the molecule is COC1(C)CCN(c2c(C#N)c(=O)[nH]c3cnc(C(=O)NCC4CCN(C)CC4)cc23)CC1. The molecule has 2 aliphatic rings. The minimum absolute atomic E-state index is 0.0624. The largest absolute Gasteiger partial charge is 0.378 e. The van der Waals surface area contributed by atoms with Gasteiger partial charge in [-0.05, 0) is 64.7 Å². The molecule has 33 heavy (non-hydrogen) atoms. The molecule has 176 valence electrons. The summed E-state index contributed by atoms with van der Waals surface area (Å²) in [5.74, 6) is 0.225. The van der Waals surface area contributed by atoms with E-state index >= 15 is 0 Å². The number of ether oxygens (including phenoxy) is 1. The van der Waals surface area contributed by atoms with Gasteiger partial charge in [-0.2, -0.15) is 5.26 Å². The molecule has 9 nitrogen and oxygen atoms in total. The van der Waals surface area contributed by atoms with Crippen LogP contribution in [0.4, 0.5) is 5.69 Å². The van der Waals surface area contributed by atoms with Gasteiger partial charge in [0.05, 0.1) is 23.0 Å². The number of likely N-dealkylation sites (tertiary alicyclic amines) is 1. The molecule has 2 aromatic rings. The van der Waals surface area contributed by atoms with E-state index in [2.05, 4.69) is 45.1 Å². The summed E-state index contributed by atoms with van der Waals surface area (Å²) in [5, 5.41) is 13.4. The Bertz CT molecular complexity index is 1120. The molecule has 4 rings (SSSR count). The first-order chi connectivity index (χ1) is 15.8. The number of hydrogen-bond donors (Lipinski definition) is 2. The van der Waals surface area contributed by atoms with Gasteiger partial charge in [0, 0.05) is 32.1 Å². The highest BCUT2D eigenvalue weighted by molar-refractivity contribution is 6.00. The van der Waals surface area contributed by atoms with Crippen molar-refractivity contribution in [3.63, 3.8) is 0 Å². The van der Waals surface area contributed by atoms with Gasteiger partial charge in [-0.25, -0.2) is 4.98 Å². The van der Waals surface area contributed by atoms with Crippen molar-refractivity contribution in [2.75, 3.05) is 51.8 Å². The maximum Gasteiger partial charge on any atom is 0.269 e. The highest BCUT2D eigenvalue weighted by Crippen LogP contribution is 2.33. The molecular weight excluding hydrogens is 420 g/mol. The number of anilines is 1. The van der Waals surface area contributed by atoms with Crippen molar-refractivity contribution in [3.05, 3.63) is 33.9 Å². The summed E-state index contributed by atoms with van der Waals surface area (Å²) in [4.78, 5) is 36.9.